The van der Waals surface area contributed by atoms with E-state index in [2.05, 4.69) is 5.32 Å². The summed E-state index contributed by atoms with van der Waals surface area (Å²) < 4.78 is 51.0. The van der Waals surface area contributed by atoms with Gasteiger partial charge in [0, 0.05) is 12.1 Å². The van der Waals surface area contributed by atoms with Gasteiger partial charge in [0.25, 0.3) is 0 Å². The molecule has 2 N–H and O–H groups in total. The molecule has 2 aromatic carbocycles. The third-order valence-electron chi connectivity index (χ3n) is 2.83. The number of halogens is 5. The lowest BCUT2D eigenvalue weighted by atomic mass is 10.1. The van der Waals surface area contributed by atoms with Crippen molar-refractivity contribution in [1.82, 2.24) is 0 Å². The van der Waals surface area contributed by atoms with Gasteiger partial charge in [-0.15, -0.1) is 0 Å². The Morgan fingerprint density at radius 1 is 1.14 bits per heavy atom. The number of aromatic hydroxyl groups is 1. The first-order chi connectivity index (χ1) is 9.79. The van der Waals surface area contributed by atoms with Gasteiger partial charge in [-0.05, 0) is 24.3 Å². The molecular weight excluding hydrogens is 310 g/mol. The number of benzene rings is 2. The second-order valence-corrected chi connectivity index (χ2v) is 4.70. The lowest BCUT2D eigenvalue weighted by Gasteiger charge is -2.13. The fourth-order valence-corrected chi connectivity index (χ4v) is 1.91. The number of alkyl halides is 3. The Kier molecular flexibility index (Phi) is 4.27. The van der Waals surface area contributed by atoms with Crippen molar-refractivity contribution < 1.29 is 22.7 Å². The van der Waals surface area contributed by atoms with Crippen LogP contribution in [0.3, 0.4) is 0 Å². The zero-order chi connectivity index (χ0) is 15.6. The fourth-order valence-electron chi connectivity index (χ4n) is 1.73. The van der Waals surface area contributed by atoms with Crippen LogP contribution < -0.4 is 5.32 Å². The molecule has 112 valence electrons. The van der Waals surface area contributed by atoms with Crippen molar-refractivity contribution in [2.75, 3.05) is 5.32 Å². The highest BCUT2D eigenvalue weighted by Gasteiger charge is 2.30. The van der Waals surface area contributed by atoms with E-state index in [4.69, 9.17) is 11.6 Å². The molecule has 0 bridgehead atoms. The summed E-state index contributed by atoms with van der Waals surface area (Å²) >= 11 is 5.82. The molecule has 2 aromatic rings. The van der Waals surface area contributed by atoms with Gasteiger partial charge in [0.15, 0.2) is 11.6 Å². The van der Waals surface area contributed by atoms with E-state index in [0.717, 1.165) is 24.3 Å². The predicted molar refractivity (Wildman–Crippen MR) is 71.8 cm³/mol. The van der Waals surface area contributed by atoms with Gasteiger partial charge in [-0.3, -0.25) is 0 Å². The molecule has 0 atom stereocenters. The number of nitrogens with one attached hydrogen (secondary N) is 1. The lowest BCUT2D eigenvalue weighted by Crippen LogP contribution is -2.07. The molecule has 0 aromatic heterocycles. The quantitative estimate of drug-likeness (QED) is 0.795. The van der Waals surface area contributed by atoms with Crippen LogP contribution in [0.4, 0.5) is 23.2 Å². The summed E-state index contributed by atoms with van der Waals surface area (Å²) in [6.07, 6.45) is -4.48. The van der Waals surface area contributed by atoms with E-state index in [1.165, 1.54) is 12.1 Å². The molecule has 0 radical (unpaired) electrons. The highest BCUT2D eigenvalue weighted by atomic mass is 35.5. The van der Waals surface area contributed by atoms with Gasteiger partial charge in [-0.2, -0.15) is 13.2 Å². The smallest absolute Gasteiger partial charge is 0.416 e. The van der Waals surface area contributed by atoms with Crippen molar-refractivity contribution >= 4 is 17.3 Å². The zero-order valence-electron chi connectivity index (χ0n) is 10.5. The number of phenolic OH excluding ortho intramolecular Hbond substituents is 1. The first-order valence-electron chi connectivity index (χ1n) is 5.86. The van der Waals surface area contributed by atoms with E-state index >= 15 is 0 Å². The molecule has 0 spiro atoms. The third-order valence-corrected chi connectivity index (χ3v) is 3.16. The summed E-state index contributed by atoms with van der Waals surface area (Å²) in [6.45, 7) is -0.0649. The monoisotopic (exact) mass is 319 g/mol. The normalized spacial score (nSPS) is 11.5. The summed E-state index contributed by atoms with van der Waals surface area (Å²) in [6, 6.07) is 6.77. The van der Waals surface area contributed by atoms with Gasteiger partial charge >= 0.3 is 6.18 Å². The van der Waals surface area contributed by atoms with Crippen LogP contribution in [0, 0.1) is 5.82 Å². The summed E-state index contributed by atoms with van der Waals surface area (Å²) in [7, 11) is 0. The van der Waals surface area contributed by atoms with Crippen LogP contribution in [0.2, 0.25) is 5.02 Å². The van der Waals surface area contributed by atoms with Crippen LogP contribution in [-0.2, 0) is 12.7 Å². The minimum Gasteiger partial charge on any atom is -0.505 e. The maximum atomic E-state index is 13.2. The zero-order valence-corrected chi connectivity index (χ0v) is 11.3. The van der Waals surface area contributed by atoms with Crippen molar-refractivity contribution in [2.24, 2.45) is 0 Å². The number of para-hydroxylation sites is 1. The average Bonchev–Trinajstić information content (AvgIpc) is 2.40. The Hall–Kier alpha value is -1.95. The van der Waals surface area contributed by atoms with Gasteiger partial charge < -0.3 is 10.4 Å². The van der Waals surface area contributed by atoms with Gasteiger partial charge in [-0.25, -0.2) is 4.39 Å². The minimum absolute atomic E-state index is 0.0511. The maximum Gasteiger partial charge on any atom is 0.416 e. The third kappa shape index (κ3) is 3.58. The summed E-state index contributed by atoms with van der Waals surface area (Å²) in [5.74, 6) is -1.35. The van der Waals surface area contributed by atoms with Crippen molar-refractivity contribution in [2.45, 2.75) is 12.7 Å². The molecule has 21 heavy (non-hydrogen) atoms. The molecule has 0 fully saturated rings. The van der Waals surface area contributed by atoms with Gasteiger partial charge in [0.1, 0.15) is 0 Å². The van der Waals surface area contributed by atoms with E-state index in [-0.39, 0.29) is 22.8 Å². The molecule has 0 heterocycles. The standard InChI is InChI=1S/C14H10ClF4NO/c15-10-5-4-9(14(17,18)19)6-12(10)20-7-8-2-1-3-11(16)13(8)21/h1-6,20-21H,7H2. The highest BCUT2D eigenvalue weighted by molar-refractivity contribution is 6.33. The lowest BCUT2D eigenvalue weighted by molar-refractivity contribution is -0.137. The number of rotatable bonds is 3. The highest BCUT2D eigenvalue weighted by Crippen LogP contribution is 2.34. The Labute approximate surface area is 123 Å². The van der Waals surface area contributed by atoms with E-state index in [9.17, 15) is 22.7 Å². The minimum atomic E-state index is -4.48. The van der Waals surface area contributed by atoms with E-state index < -0.39 is 23.3 Å². The number of anilines is 1. The Morgan fingerprint density at radius 2 is 1.86 bits per heavy atom. The summed E-state index contributed by atoms with van der Waals surface area (Å²) in [4.78, 5) is 0. The first kappa shape index (κ1) is 15.4. The molecular formula is C14H10ClF4NO. The van der Waals surface area contributed by atoms with Crippen LogP contribution in [0.5, 0.6) is 5.75 Å². The Balaban J connectivity index is 2.22. The molecule has 0 unspecified atom stereocenters. The molecule has 2 nitrogen and oxygen atoms in total. The molecule has 7 heteroatoms. The van der Waals surface area contributed by atoms with Crippen LogP contribution in [0.25, 0.3) is 0 Å². The van der Waals surface area contributed by atoms with Crippen LogP contribution in [0.1, 0.15) is 11.1 Å². The molecule has 0 aliphatic heterocycles. The largest absolute Gasteiger partial charge is 0.505 e. The summed E-state index contributed by atoms with van der Waals surface area (Å²) in [5.41, 5.74) is -0.587. The summed E-state index contributed by atoms with van der Waals surface area (Å²) in [5, 5.41) is 12.2. The number of hydrogen-bond donors (Lipinski definition) is 2. The number of hydrogen-bond acceptors (Lipinski definition) is 2. The van der Waals surface area contributed by atoms with Crippen molar-refractivity contribution in [3.8, 4) is 5.75 Å². The molecule has 2 rings (SSSR count). The second kappa shape index (κ2) is 5.81. The van der Waals surface area contributed by atoms with E-state index in [1.807, 2.05) is 0 Å². The molecule has 0 amide bonds. The van der Waals surface area contributed by atoms with Gasteiger partial charge in [0.05, 0.1) is 16.3 Å². The topological polar surface area (TPSA) is 32.3 Å². The molecule has 0 saturated heterocycles. The number of phenols is 1. The maximum absolute atomic E-state index is 13.2. The molecule has 0 aliphatic carbocycles. The molecule has 0 aliphatic rings. The second-order valence-electron chi connectivity index (χ2n) is 4.29. The van der Waals surface area contributed by atoms with Crippen LogP contribution in [-0.4, -0.2) is 5.11 Å². The van der Waals surface area contributed by atoms with Crippen molar-refractivity contribution in [1.29, 1.82) is 0 Å². The fraction of sp³-hybridized carbons (Fsp3) is 0.143. The van der Waals surface area contributed by atoms with Gasteiger partial charge in [-0.1, -0.05) is 23.7 Å². The van der Waals surface area contributed by atoms with Crippen molar-refractivity contribution in [3.63, 3.8) is 0 Å². The first-order valence-corrected chi connectivity index (χ1v) is 6.24. The molecule has 0 saturated carbocycles. The van der Waals surface area contributed by atoms with Gasteiger partial charge in [0.2, 0.25) is 0 Å². The SMILES string of the molecule is Oc1c(F)cccc1CNc1cc(C(F)(F)F)ccc1Cl. The Bertz CT molecular complexity index is 658. The Morgan fingerprint density at radius 3 is 2.52 bits per heavy atom. The average molecular weight is 320 g/mol. The van der Waals surface area contributed by atoms with E-state index in [0.29, 0.717) is 0 Å². The van der Waals surface area contributed by atoms with Crippen LogP contribution in [0.15, 0.2) is 36.4 Å². The van der Waals surface area contributed by atoms with E-state index in [1.54, 1.807) is 0 Å². The van der Waals surface area contributed by atoms with Crippen LogP contribution >= 0.6 is 11.6 Å². The van der Waals surface area contributed by atoms with Crippen molar-refractivity contribution in [3.05, 3.63) is 58.4 Å². The predicted octanol–water partition coefficient (Wildman–Crippen LogP) is 4.82.